The zero-order valence-corrected chi connectivity index (χ0v) is 14.2. The van der Waals surface area contributed by atoms with Crippen LogP contribution in [0.1, 0.15) is 17.2 Å². The molecule has 26 heavy (non-hydrogen) atoms. The normalized spacial score (nSPS) is 24.1. The maximum atomic E-state index is 6.35. The zero-order chi connectivity index (χ0) is 17.3. The minimum Gasteiger partial charge on any atom is -0.465 e. The second kappa shape index (κ2) is 6.36. The fourth-order valence-electron chi connectivity index (χ4n) is 3.46. The molecule has 2 aliphatic rings. The molecule has 3 aromatic rings. The highest BCUT2D eigenvalue weighted by Gasteiger charge is 2.51. The van der Waals surface area contributed by atoms with Crippen LogP contribution in [0.15, 0.2) is 97.2 Å². The van der Waals surface area contributed by atoms with Crippen molar-refractivity contribution < 1.29 is 9.47 Å². The summed E-state index contributed by atoms with van der Waals surface area (Å²) in [7, 11) is 0. The van der Waals surface area contributed by atoms with Gasteiger partial charge in [-0.3, -0.25) is 0 Å². The van der Waals surface area contributed by atoms with Gasteiger partial charge in [0.1, 0.15) is 18.0 Å². The standard InChI is InChI=1S/C23H19NO2/c1-4-10-17(11-5-1)20-16-24(19-14-8-3-9-15-19)23(25-20)22-21(26-22)18-12-6-2-7-13-18/h1-16,21-23H. The number of para-hydroxylation sites is 1. The third-order valence-electron chi connectivity index (χ3n) is 4.83. The van der Waals surface area contributed by atoms with Crippen molar-refractivity contribution in [3.05, 3.63) is 108 Å². The van der Waals surface area contributed by atoms with Gasteiger partial charge in [-0.25, -0.2) is 0 Å². The molecule has 1 fully saturated rings. The molecule has 0 amide bonds. The van der Waals surface area contributed by atoms with E-state index < -0.39 is 0 Å². The zero-order valence-electron chi connectivity index (χ0n) is 14.2. The van der Waals surface area contributed by atoms with Crippen LogP contribution in [-0.4, -0.2) is 12.3 Å². The molecule has 3 atom stereocenters. The molecule has 3 heteroatoms. The van der Waals surface area contributed by atoms with Crippen molar-refractivity contribution in [2.75, 3.05) is 4.90 Å². The van der Waals surface area contributed by atoms with Gasteiger partial charge in [0.2, 0.25) is 6.23 Å². The van der Waals surface area contributed by atoms with E-state index in [4.69, 9.17) is 9.47 Å². The number of anilines is 1. The fourth-order valence-corrected chi connectivity index (χ4v) is 3.46. The first-order valence-corrected chi connectivity index (χ1v) is 8.88. The third-order valence-corrected chi connectivity index (χ3v) is 4.83. The lowest BCUT2D eigenvalue weighted by Crippen LogP contribution is -2.33. The molecule has 0 saturated carbocycles. The Morgan fingerprint density at radius 3 is 2.00 bits per heavy atom. The Kier molecular flexibility index (Phi) is 3.72. The van der Waals surface area contributed by atoms with Crippen LogP contribution in [0.2, 0.25) is 0 Å². The monoisotopic (exact) mass is 341 g/mol. The Bertz CT molecular complexity index is 909. The van der Waals surface area contributed by atoms with Gasteiger partial charge in [-0.2, -0.15) is 0 Å². The summed E-state index contributed by atoms with van der Waals surface area (Å²) in [6, 6.07) is 30.9. The number of nitrogens with zero attached hydrogens (tertiary/aromatic N) is 1. The molecule has 2 heterocycles. The van der Waals surface area contributed by atoms with Crippen LogP contribution in [0, 0.1) is 0 Å². The molecule has 128 valence electrons. The number of benzene rings is 3. The maximum absolute atomic E-state index is 6.35. The summed E-state index contributed by atoms with van der Waals surface area (Å²) in [6.45, 7) is 0. The number of rotatable bonds is 4. The third kappa shape index (κ3) is 2.76. The molecule has 0 N–H and O–H groups in total. The first-order chi connectivity index (χ1) is 12.9. The van der Waals surface area contributed by atoms with E-state index in [1.165, 1.54) is 5.56 Å². The Hall–Kier alpha value is -3.04. The summed E-state index contributed by atoms with van der Waals surface area (Å²) in [5.41, 5.74) is 3.38. The van der Waals surface area contributed by atoms with E-state index in [1.807, 2.05) is 54.6 Å². The lowest BCUT2D eigenvalue weighted by molar-refractivity contribution is 0.151. The number of epoxide rings is 1. The minimum absolute atomic E-state index is 0.00932. The van der Waals surface area contributed by atoms with E-state index in [1.54, 1.807) is 0 Å². The van der Waals surface area contributed by atoms with Gasteiger partial charge < -0.3 is 14.4 Å². The molecule has 0 bridgehead atoms. The molecular formula is C23H19NO2. The van der Waals surface area contributed by atoms with Gasteiger partial charge in [0, 0.05) is 11.3 Å². The molecule has 0 aromatic heterocycles. The van der Waals surface area contributed by atoms with E-state index in [0.717, 1.165) is 17.0 Å². The second-order valence-corrected chi connectivity index (χ2v) is 6.54. The first kappa shape index (κ1) is 15.2. The Labute approximate surface area is 153 Å². The molecule has 3 aromatic carbocycles. The van der Waals surface area contributed by atoms with Crippen LogP contribution >= 0.6 is 0 Å². The molecule has 0 radical (unpaired) electrons. The average Bonchev–Trinajstić information content (AvgIpc) is 3.40. The highest BCUT2D eigenvalue weighted by molar-refractivity contribution is 5.68. The van der Waals surface area contributed by atoms with Gasteiger partial charge >= 0.3 is 0 Å². The van der Waals surface area contributed by atoms with Crippen molar-refractivity contribution >= 4 is 11.4 Å². The van der Waals surface area contributed by atoms with E-state index in [9.17, 15) is 0 Å². The van der Waals surface area contributed by atoms with Crippen LogP contribution in [0.25, 0.3) is 5.76 Å². The molecule has 3 unspecified atom stereocenters. The second-order valence-electron chi connectivity index (χ2n) is 6.54. The van der Waals surface area contributed by atoms with Crippen molar-refractivity contribution in [1.29, 1.82) is 0 Å². The van der Waals surface area contributed by atoms with Gasteiger partial charge in [-0.05, 0) is 17.7 Å². The van der Waals surface area contributed by atoms with Crippen LogP contribution in [0.4, 0.5) is 5.69 Å². The Morgan fingerprint density at radius 2 is 1.31 bits per heavy atom. The van der Waals surface area contributed by atoms with Gasteiger partial charge in [0.25, 0.3) is 0 Å². The molecule has 5 rings (SSSR count). The predicted molar refractivity (Wildman–Crippen MR) is 102 cm³/mol. The van der Waals surface area contributed by atoms with Crippen molar-refractivity contribution in [2.24, 2.45) is 0 Å². The average molecular weight is 341 g/mol. The van der Waals surface area contributed by atoms with Gasteiger partial charge in [-0.1, -0.05) is 78.9 Å². The lowest BCUT2D eigenvalue weighted by Gasteiger charge is -2.23. The maximum Gasteiger partial charge on any atom is 0.205 e. The molecule has 1 saturated heterocycles. The summed E-state index contributed by atoms with van der Waals surface area (Å²) < 4.78 is 12.4. The molecule has 0 aliphatic carbocycles. The van der Waals surface area contributed by atoms with Crippen molar-refractivity contribution in [1.82, 2.24) is 0 Å². The molecular weight excluding hydrogens is 322 g/mol. The topological polar surface area (TPSA) is 25.0 Å². The van der Waals surface area contributed by atoms with Crippen LogP contribution in [0.5, 0.6) is 0 Å². The van der Waals surface area contributed by atoms with Crippen LogP contribution in [0.3, 0.4) is 0 Å². The summed E-state index contributed by atoms with van der Waals surface area (Å²) in [5.74, 6) is 0.877. The van der Waals surface area contributed by atoms with Crippen LogP contribution in [-0.2, 0) is 9.47 Å². The quantitative estimate of drug-likeness (QED) is 0.625. The fraction of sp³-hybridized carbons (Fsp3) is 0.130. The van der Waals surface area contributed by atoms with Crippen molar-refractivity contribution in [3.8, 4) is 0 Å². The number of hydrogen-bond acceptors (Lipinski definition) is 3. The van der Waals surface area contributed by atoms with Crippen molar-refractivity contribution in [3.63, 3.8) is 0 Å². The molecule has 0 spiro atoms. The molecule has 2 aliphatic heterocycles. The first-order valence-electron chi connectivity index (χ1n) is 8.88. The smallest absolute Gasteiger partial charge is 0.205 e. The highest BCUT2D eigenvalue weighted by Crippen LogP contribution is 2.46. The summed E-state index contributed by atoms with van der Waals surface area (Å²) in [4.78, 5) is 2.18. The van der Waals surface area contributed by atoms with E-state index >= 15 is 0 Å². The van der Waals surface area contributed by atoms with E-state index in [-0.39, 0.29) is 18.4 Å². The van der Waals surface area contributed by atoms with Crippen LogP contribution < -0.4 is 4.90 Å². The summed E-state index contributed by atoms with van der Waals surface area (Å²) in [6.07, 6.45) is 2.00. The number of ether oxygens (including phenoxy) is 2. The largest absolute Gasteiger partial charge is 0.465 e. The predicted octanol–water partition coefficient (Wildman–Crippen LogP) is 4.99. The summed E-state index contributed by atoms with van der Waals surface area (Å²) >= 11 is 0. The lowest BCUT2D eigenvalue weighted by atomic mass is 10.1. The minimum atomic E-state index is -0.169. The van der Waals surface area contributed by atoms with Gasteiger partial charge in [0.15, 0.2) is 0 Å². The van der Waals surface area contributed by atoms with E-state index in [2.05, 4.69) is 47.5 Å². The SMILES string of the molecule is C1=C(c2ccccc2)OC(C2OC2c2ccccc2)N1c1ccccc1. The van der Waals surface area contributed by atoms with Gasteiger partial charge in [-0.15, -0.1) is 0 Å². The summed E-state index contributed by atoms with van der Waals surface area (Å²) in [5, 5.41) is 0. The Balaban J connectivity index is 1.45. The van der Waals surface area contributed by atoms with E-state index in [0.29, 0.717) is 0 Å². The highest BCUT2D eigenvalue weighted by atomic mass is 16.6. The van der Waals surface area contributed by atoms with Gasteiger partial charge in [0.05, 0.1) is 6.20 Å². The molecule has 3 nitrogen and oxygen atoms in total. The number of hydrogen-bond donors (Lipinski definition) is 0. The van der Waals surface area contributed by atoms with Crippen molar-refractivity contribution in [2.45, 2.75) is 18.4 Å². The Morgan fingerprint density at radius 1 is 0.692 bits per heavy atom.